The molecular weight excluding hydrogens is 346 g/mol. The van der Waals surface area contributed by atoms with E-state index in [1.54, 1.807) is 38.5 Å². The molecule has 1 aromatic carbocycles. The van der Waals surface area contributed by atoms with Crippen LogP contribution in [0.2, 0.25) is 0 Å². The summed E-state index contributed by atoms with van der Waals surface area (Å²) in [7, 11) is 3.11. The van der Waals surface area contributed by atoms with Gasteiger partial charge in [0.2, 0.25) is 0 Å². The van der Waals surface area contributed by atoms with Crippen LogP contribution in [0.5, 0.6) is 11.5 Å². The normalized spacial score (nSPS) is 22.3. The van der Waals surface area contributed by atoms with Gasteiger partial charge in [0.15, 0.2) is 6.61 Å². The number of carbonyl (C=O) groups excluding carboxylic acids is 2. The highest BCUT2D eigenvalue weighted by Crippen LogP contribution is 2.29. The SMILES string of the molecule is COc1ccc(/C=C/C(=O)OCC(=O)N[C@H]2CCC[C@@H](C)[C@@H]2C)c(OC)c1. The van der Waals surface area contributed by atoms with Crippen LogP contribution in [0.15, 0.2) is 24.3 Å². The van der Waals surface area contributed by atoms with E-state index in [9.17, 15) is 9.59 Å². The maximum absolute atomic E-state index is 12.1. The molecule has 6 heteroatoms. The van der Waals surface area contributed by atoms with Crippen molar-refractivity contribution in [1.82, 2.24) is 5.32 Å². The molecule has 0 spiro atoms. The number of ether oxygens (including phenoxy) is 3. The zero-order valence-corrected chi connectivity index (χ0v) is 16.5. The minimum atomic E-state index is -0.576. The van der Waals surface area contributed by atoms with Crippen LogP contribution >= 0.6 is 0 Å². The average Bonchev–Trinajstić information content (AvgIpc) is 2.68. The fourth-order valence-electron chi connectivity index (χ4n) is 3.33. The molecule has 3 atom stereocenters. The van der Waals surface area contributed by atoms with E-state index in [0.29, 0.717) is 28.9 Å². The van der Waals surface area contributed by atoms with E-state index in [1.807, 2.05) is 0 Å². The van der Waals surface area contributed by atoms with Gasteiger partial charge in [-0.15, -0.1) is 0 Å². The molecule has 27 heavy (non-hydrogen) atoms. The number of benzene rings is 1. The highest BCUT2D eigenvalue weighted by molar-refractivity contribution is 5.89. The largest absolute Gasteiger partial charge is 0.497 e. The summed E-state index contributed by atoms with van der Waals surface area (Å²) in [5.74, 6) is 1.43. The zero-order valence-electron chi connectivity index (χ0n) is 16.5. The molecule has 1 N–H and O–H groups in total. The molecule has 1 saturated carbocycles. The van der Waals surface area contributed by atoms with Gasteiger partial charge in [0.05, 0.1) is 14.2 Å². The van der Waals surface area contributed by atoms with E-state index in [-0.39, 0.29) is 18.6 Å². The lowest BCUT2D eigenvalue weighted by molar-refractivity contribution is -0.144. The van der Waals surface area contributed by atoms with Gasteiger partial charge in [0.1, 0.15) is 11.5 Å². The lowest BCUT2D eigenvalue weighted by atomic mass is 9.78. The van der Waals surface area contributed by atoms with E-state index >= 15 is 0 Å². The first-order valence-corrected chi connectivity index (χ1v) is 9.30. The Hall–Kier alpha value is -2.50. The highest BCUT2D eigenvalue weighted by atomic mass is 16.5. The van der Waals surface area contributed by atoms with Gasteiger partial charge in [-0.05, 0) is 36.5 Å². The Balaban J connectivity index is 1.83. The van der Waals surface area contributed by atoms with Crippen LogP contribution in [0.3, 0.4) is 0 Å². The topological polar surface area (TPSA) is 73.9 Å². The number of amides is 1. The van der Waals surface area contributed by atoms with Crippen molar-refractivity contribution in [3.63, 3.8) is 0 Å². The van der Waals surface area contributed by atoms with Crippen LogP contribution in [0, 0.1) is 11.8 Å². The minimum Gasteiger partial charge on any atom is -0.497 e. The first kappa shape index (κ1) is 20.8. The molecule has 0 aliphatic heterocycles. The minimum absolute atomic E-state index is 0.152. The van der Waals surface area contributed by atoms with E-state index in [4.69, 9.17) is 14.2 Å². The Morgan fingerprint density at radius 1 is 1.19 bits per heavy atom. The fraction of sp³-hybridized carbons (Fsp3) is 0.524. The van der Waals surface area contributed by atoms with E-state index in [0.717, 1.165) is 12.8 Å². The van der Waals surface area contributed by atoms with Crippen molar-refractivity contribution in [3.05, 3.63) is 29.8 Å². The van der Waals surface area contributed by atoms with Crippen molar-refractivity contribution in [2.24, 2.45) is 11.8 Å². The van der Waals surface area contributed by atoms with Gasteiger partial charge in [-0.25, -0.2) is 4.79 Å². The number of rotatable bonds is 7. The molecule has 6 nitrogen and oxygen atoms in total. The maximum Gasteiger partial charge on any atom is 0.331 e. The second-order valence-corrected chi connectivity index (χ2v) is 6.99. The maximum atomic E-state index is 12.1. The standard InChI is InChI=1S/C21H29NO5/c1-14-6-5-7-18(15(14)2)22-20(23)13-27-21(24)11-9-16-8-10-17(25-3)12-19(16)26-4/h8-12,14-15,18H,5-7,13H2,1-4H3,(H,22,23)/b11-9+/t14-,15+,18+/m1/s1. The van der Waals surface area contributed by atoms with E-state index < -0.39 is 5.97 Å². The van der Waals surface area contributed by atoms with Gasteiger partial charge in [0.25, 0.3) is 5.91 Å². The first-order valence-electron chi connectivity index (χ1n) is 9.30. The predicted molar refractivity (Wildman–Crippen MR) is 104 cm³/mol. The molecular formula is C21H29NO5. The van der Waals surface area contributed by atoms with Gasteiger partial charge >= 0.3 is 5.97 Å². The molecule has 1 aliphatic rings. The lowest BCUT2D eigenvalue weighted by Crippen LogP contribution is -2.45. The van der Waals surface area contributed by atoms with Gasteiger partial charge in [-0.3, -0.25) is 4.79 Å². The highest BCUT2D eigenvalue weighted by Gasteiger charge is 2.28. The van der Waals surface area contributed by atoms with Crippen LogP contribution in [0.1, 0.15) is 38.7 Å². The van der Waals surface area contributed by atoms with Gasteiger partial charge in [-0.2, -0.15) is 0 Å². The molecule has 1 aliphatic carbocycles. The molecule has 2 rings (SSSR count). The van der Waals surface area contributed by atoms with Crippen LogP contribution in [-0.4, -0.2) is 38.7 Å². The van der Waals surface area contributed by atoms with Crippen LogP contribution in [0.4, 0.5) is 0 Å². The number of carbonyl (C=O) groups is 2. The van der Waals surface area contributed by atoms with Crippen LogP contribution in [0.25, 0.3) is 6.08 Å². The van der Waals surface area contributed by atoms with E-state index in [1.165, 1.54) is 12.5 Å². The monoisotopic (exact) mass is 375 g/mol. The molecule has 0 saturated heterocycles. The number of nitrogens with one attached hydrogen (secondary N) is 1. The molecule has 0 heterocycles. The van der Waals surface area contributed by atoms with Crippen LogP contribution < -0.4 is 14.8 Å². The summed E-state index contributed by atoms with van der Waals surface area (Å²) in [4.78, 5) is 24.0. The Kier molecular flexibility index (Phi) is 7.70. The summed E-state index contributed by atoms with van der Waals surface area (Å²) in [6, 6.07) is 5.43. The second kappa shape index (κ2) is 10.00. The summed E-state index contributed by atoms with van der Waals surface area (Å²) >= 11 is 0. The lowest BCUT2D eigenvalue weighted by Gasteiger charge is -2.34. The molecule has 1 fully saturated rings. The predicted octanol–water partition coefficient (Wildman–Crippen LogP) is 3.20. The third kappa shape index (κ3) is 6.01. The van der Waals surface area contributed by atoms with Crippen molar-refractivity contribution < 1.29 is 23.8 Å². The van der Waals surface area contributed by atoms with Gasteiger partial charge in [0, 0.05) is 23.7 Å². The van der Waals surface area contributed by atoms with Crippen molar-refractivity contribution in [2.45, 2.75) is 39.2 Å². The third-order valence-corrected chi connectivity index (χ3v) is 5.24. The molecule has 148 valence electrons. The summed E-state index contributed by atoms with van der Waals surface area (Å²) in [5, 5.41) is 2.98. The number of methoxy groups -OCH3 is 2. The summed E-state index contributed by atoms with van der Waals surface area (Å²) in [6.45, 7) is 4.09. The fourth-order valence-corrected chi connectivity index (χ4v) is 3.33. The van der Waals surface area contributed by atoms with Gasteiger partial charge in [-0.1, -0.05) is 26.7 Å². The van der Waals surface area contributed by atoms with Crippen molar-refractivity contribution >= 4 is 18.0 Å². The Bertz CT molecular complexity index is 685. The summed E-state index contributed by atoms with van der Waals surface area (Å²) < 4.78 is 15.5. The molecule has 1 amide bonds. The Morgan fingerprint density at radius 3 is 2.67 bits per heavy atom. The molecule has 0 bridgehead atoms. The van der Waals surface area contributed by atoms with E-state index in [2.05, 4.69) is 19.2 Å². The van der Waals surface area contributed by atoms with Crippen molar-refractivity contribution in [2.75, 3.05) is 20.8 Å². The number of esters is 1. The van der Waals surface area contributed by atoms with Crippen molar-refractivity contribution in [3.8, 4) is 11.5 Å². The number of hydrogen-bond acceptors (Lipinski definition) is 5. The van der Waals surface area contributed by atoms with Gasteiger partial charge < -0.3 is 19.5 Å². The first-order chi connectivity index (χ1) is 12.9. The van der Waals surface area contributed by atoms with Crippen molar-refractivity contribution in [1.29, 1.82) is 0 Å². The third-order valence-electron chi connectivity index (χ3n) is 5.24. The zero-order chi connectivity index (χ0) is 19.8. The van der Waals surface area contributed by atoms with Crippen LogP contribution in [-0.2, 0) is 14.3 Å². The molecule has 0 aromatic heterocycles. The second-order valence-electron chi connectivity index (χ2n) is 6.99. The Morgan fingerprint density at radius 2 is 1.96 bits per heavy atom. The smallest absolute Gasteiger partial charge is 0.331 e. The summed E-state index contributed by atoms with van der Waals surface area (Å²) in [5.41, 5.74) is 0.713. The average molecular weight is 375 g/mol. The quantitative estimate of drug-likeness (QED) is 0.585. The molecule has 0 radical (unpaired) electrons. The number of hydrogen-bond donors (Lipinski definition) is 1. The molecule has 1 aromatic rings. The Labute approximate surface area is 160 Å². The summed E-state index contributed by atoms with van der Waals surface area (Å²) in [6.07, 6.45) is 6.15. The molecule has 0 unspecified atom stereocenters.